The van der Waals surface area contributed by atoms with Crippen molar-refractivity contribution < 1.29 is 29.0 Å². The van der Waals surface area contributed by atoms with E-state index in [0.29, 0.717) is 16.9 Å². The molecule has 8 nitrogen and oxygen atoms in total. The number of aryl methyl sites for hydroxylation is 1. The number of esters is 1. The predicted octanol–water partition coefficient (Wildman–Crippen LogP) is 2.83. The van der Waals surface area contributed by atoms with Crippen molar-refractivity contribution in [3.8, 4) is 11.5 Å². The molecule has 8 heteroatoms. The first kappa shape index (κ1) is 16.7. The van der Waals surface area contributed by atoms with Gasteiger partial charge in [-0.1, -0.05) is 11.6 Å². The van der Waals surface area contributed by atoms with Gasteiger partial charge < -0.3 is 19.3 Å². The minimum atomic E-state index is -0.728. The number of hydrogen-bond donors (Lipinski definition) is 1. The van der Waals surface area contributed by atoms with Gasteiger partial charge in [0.15, 0.2) is 6.79 Å². The SMILES string of the molecule is Cc1ccc(O)c(C(=O)OCc2cc([N+](=O)[O-])cc3c2OCOC3)c1. The molecular weight excluding hydrogens is 330 g/mol. The van der Waals surface area contributed by atoms with Crippen LogP contribution in [0.1, 0.15) is 27.0 Å². The van der Waals surface area contributed by atoms with Crippen molar-refractivity contribution in [3.63, 3.8) is 0 Å². The van der Waals surface area contributed by atoms with Gasteiger partial charge in [-0.3, -0.25) is 10.1 Å². The topological polar surface area (TPSA) is 108 Å². The van der Waals surface area contributed by atoms with Gasteiger partial charge in [-0.25, -0.2) is 4.79 Å². The molecule has 0 spiro atoms. The third-order valence-corrected chi connectivity index (χ3v) is 3.71. The maximum absolute atomic E-state index is 12.2. The van der Waals surface area contributed by atoms with E-state index in [1.165, 1.54) is 24.3 Å². The van der Waals surface area contributed by atoms with Gasteiger partial charge in [0.2, 0.25) is 0 Å². The Morgan fingerprint density at radius 3 is 2.92 bits per heavy atom. The second kappa shape index (κ2) is 6.78. The van der Waals surface area contributed by atoms with Crippen LogP contribution in [0.5, 0.6) is 11.5 Å². The standard InChI is InChI=1S/C17H15NO7/c1-10-2-3-15(19)14(4-10)17(20)24-8-12-6-13(18(21)22)5-11-7-23-9-25-16(11)12/h2-6,19H,7-9H2,1H3. The summed E-state index contributed by atoms with van der Waals surface area (Å²) in [7, 11) is 0. The highest BCUT2D eigenvalue weighted by Gasteiger charge is 2.22. The van der Waals surface area contributed by atoms with E-state index in [9.17, 15) is 20.0 Å². The summed E-state index contributed by atoms with van der Waals surface area (Å²) in [5, 5.41) is 20.8. The number of fused-ring (bicyclic) bond motifs is 1. The predicted molar refractivity (Wildman–Crippen MR) is 85.3 cm³/mol. The van der Waals surface area contributed by atoms with E-state index < -0.39 is 10.9 Å². The maximum Gasteiger partial charge on any atom is 0.342 e. The summed E-state index contributed by atoms with van der Waals surface area (Å²) in [6, 6.07) is 7.24. The molecule has 0 atom stereocenters. The lowest BCUT2D eigenvalue weighted by Crippen LogP contribution is -2.15. The smallest absolute Gasteiger partial charge is 0.342 e. The fraction of sp³-hybridized carbons (Fsp3) is 0.235. The second-order valence-electron chi connectivity index (χ2n) is 5.56. The zero-order chi connectivity index (χ0) is 18.0. The third kappa shape index (κ3) is 3.53. The van der Waals surface area contributed by atoms with Crippen LogP contribution in [0.3, 0.4) is 0 Å². The van der Waals surface area contributed by atoms with E-state index in [-0.39, 0.29) is 37.0 Å². The van der Waals surface area contributed by atoms with E-state index in [1.54, 1.807) is 13.0 Å². The number of carbonyl (C=O) groups excluding carboxylic acids is 1. The molecule has 0 saturated carbocycles. The summed E-state index contributed by atoms with van der Waals surface area (Å²) in [6.07, 6.45) is 0. The van der Waals surface area contributed by atoms with Gasteiger partial charge in [-0.05, 0) is 19.1 Å². The molecule has 0 amide bonds. The zero-order valence-corrected chi connectivity index (χ0v) is 13.4. The van der Waals surface area contributed by atoms with Gasteiger partial charge in [0.05, 0.1) is 11.5 Å². The highest BCUT2D eigenvalue weighted by atomic mass is 16.7. The molecular formula is C17H15NO7. The van der Waals surface area contributed by atoms with Crippen LogP contribution in [0.15, 0.2) is 30.3 Å². The Morgan fingerprint density at radius 2 is 2.16 bits per heavy atom. The van der Waals surface area contributed by atoms with Gasteiger partial charge in [0.25, 0.3) is 5.69 Å². The Kier molecular flexibility index (Phi) is 4.53. The zero-order valence-electron chi connectivity index (χ0n) is 13.4. The molecule has 25 heavy (non-hydrogen) atoms. The summed E-state index contributed by atoms with van der Waals surface area (Å²) in [5.74, 6) is -0.507. The molecule has 0 aromatic heterocycles. The maximum atomic E-state index is 12.2. The molecule has 3 rings (SSSR count). The average Bonchev–Trinajstić information content (AvgIpc) is 2.61. The monoisotopic (exact) mass is 345 g/mol. The van der Waals surface area contributed by atoms with Crippen LogP contribution in [0.2, 0.25) is 0 Å². The van der Waals surface area contributed by atoms with Crippen LogP contribution in [0.4, 0.5) is 5.69 Å². The lowest BCUT2D eigenvalue weighted by Gasteiger charge is -2.20. The molecule has 2 aromatic carbocycles. The first-order valence-corrected chi connectivity index (χ1v) is 7.43. The number of nitro groups is 1. The highest BCUT2D eigenvalue weighted by Crippen LogP contribution is 2.33. The first-order chi connectivity index (χ1) is 12.0. The van der Waals surface area contributed by atoms with Gasteiger partial charge >= 0.3 is 5.97 Å². The number of nitrogens with zero attached hydrogens (tertiary/aromatic N) is 1. The number of hydrogen-bond acceptors (Lipinski definition) is 7. The van der Waals surface area contributed by atoms with Crippen molar-refractivity contribution in [2.75, 3.05) is 6.79 Å². The van der Waals surface area contributed by atoms with Crippen LogP contribution in [-0.2, 0) is 22.7 Å². The van der Waals surface area contributed by atoms with Crippen LogP contribution < -0.4 is 4.74 Å². The molecule has 0 unspecified atom stereocenters. The van der Waals surface area contributed by atoms with Gasteiger partial charge in [-0.15, -0.1) is 0 Å². The summed E-state index contributed by atoms with van der Waals surface area (Å²) in [6.45, 7) is 1.75. The number of phenols is 1. The molecule has 130 valence electrons. The van der Waals surface area contributed by atoms with E-state index in [1.807, 2.05) is 0 Å². The number of nitro benzene ring substituents is 1. The molecule has 0 bridgehead atoms. The first-order valence-electron chi connectivity index (χ1n) is 7.43. The van der Waals surface area contributed by atoms with Crippen molar-refractivity contribution in [1.82, 2.24) is 0 Å². The second-order valence-corrected chi connectivity index (χ2v) is 5.56. The van der Waals surface area contributed by atoms with Crippen molar-refractivity contribution in [1.29, 1.82) is 0 Å². The normalized spacial score (nSPS) is 12.8. The lowest BCUT2D eigenvalue weighted by atomic mass is 10.1. The van der Waals surface area contributed by atoms with Crippen molar-refractivity contribution in [2.45, 2.75) is 20.1 Å². The van der Waals surface area contributed by atoms with E-state index >= 15 is 0 Å². The molecule has 1 heterocycles. The lowest BCUT2D eigenvalue weighted by molar-refractivity contribution is -0.385. The number of rotatable bonds is 4. The fourth-order valence-electron chi connectivity index (χ4n) is 2.53. The van der Waals surface area contributed by atoms with Crippen LogP contribution in [0.25, 0.3) is 0 Å². The molecule has 2 aromatic rings. The average molecular weight is 345 g/mol. The number of benzene rings is 2. The van der Waals surface area contributed by atoms with Gasteiger partial charge in [0, 0.05) is 23.3 Å². The Hall–Kier alpha value is -3.13. The number of phenolic OH excluding ortho intramolecular Hbond substituents is 1. The number of aromatic hydroxyl groups is 1. The Bertz CT molecular complexity index is 847. The molecule has 1 N–H and O–H groups in total. The van der Waals surface area contributed by atoms with Crippen molar-refractivity contribution >= 4 is 11.7 Å². The van der Waals surface area contributed by atoms with Crippen LogP contribution >= 0.6 is 0 Å². The van der Waals surface area contributed by atoms with Crippen molar-refractivity contribution in [3.05, 3.63) is 62.7 Å². The minimum absolute atomic E-state index is 0.0183. The largest absolute Gasteiger partial charge is 0.507 e. The van der Waals surface area contributed by atoms with E-state index in [4.69, 9.17) is 14.2 Å². The summed E-state index contributed by atoms with van der Waals surface area (Å²) >= 11 is 0. The number of carbonyl (C=O) groups is 1. The quantitative estimate of drug-likeness (QED) is 0.515. The molecule has 1 aliphatic heterocycles. The summed E-state index contributed by atoms with van der Waals surface area (Å²) in [5.41, 5.74) is 1.57. The number of non-ortho nitro benzene ring substituents is 1. The minimum Gasteiger partial charge on any atom is -0.507 e. The molecule has 0 fully saturated rings. The Balaban J connectivity index is 1.85. The Labute approximate surface area is 142 Å². The summed E-state index contributed by atoms with van der Waals surface area (Å²) < 4.78 is 15.7. The van der Waals surface area contributed by atoms with Crippen LogP contribution in [0, 0.1) is 17.0 Å². The van der Waals surface area contributed by atoms with Gasteiger partial charge in [-0.2, -0.15) is 0 Å². The molecule has 0 aliphatic carbocycles. The van der Waals surface area contributed by atoms with Crippen LogP contribution in [-0.4, -0.2) is 22.8 Å². The molecule has 0 radical (unpaired) electrons. The third-order valence-electron chi connectivity index (χ3n) is 3.71. The van der Waals surface area contributed by atoms with Crippen molar-refractivity contribution in [2.24, 2.45) is 0 Å². The summed E-state index contributed by atoms with van der Waals surface area (Å²) in [4.78, 5) is 22.7. The Morgan fingerprint density at radius 1 is 1.36 bits per heavy atom. The highest BCUT2D eigenvalue weighted by molar-refractivity contribution is 5.92. The number of ether oxygens (including phenoxy) is 3. The molecule has 1 aliphatic rings. The van der Waals surface area contributed by atoms with E-state index in [0.717, 1.165) is 5.56 Å². The van der Waals surface area contributed by atoms with E-state index in [2.05, 4.69) is 0 Å². The fourth-order valence-corrected chi connectivity index (χ4v) is 2.53. The van der Waals surface area contributed by atoms with Gasteiger partial charge in [0.1, 0.15) is 23.7 Å². The molecule has 0 saturated heterocycles.